The summed E-state index contributed by atoms with van der Waals surface area (Å²) >= 11 is 0. The molecule has 0 radical (unpaired) electrons. The summed E-state index contributed by atoms with van der Waals surface area (Å²) in [5, 5.41) is 12.9. The highest BCUT2D eigenvalue weighted by atomic mass is 35.5. The van der Waals surface area contributed by atoms with Gasteiger partial charge in [-0.3, -0.25) is 14.3 Å². The van der Waals surface area contributed by atoms with Gasteiger partial charge >= 0.3 is 0 Å². The zero-order valence-electron chi connectivity index (χ0n) is 16.6. The summed E-state index contributed by atoms with van der Waals surface area (Å²) in [6, 6.07) is 5.08. The number of nitrogens with zero attached hydrogens (tertiary/aromatic N) is 2. The van der Waals surface area contributed by atoms with Gasteiger partial charge in [0, 0.05) is 56.1 Å². The van der Waals surface area contributed by atoms with Crippen LogP contribution < -0.4 is 25.4 Å². The second-order valence-electron chi connectivity index (χ2n) is 6.69. The SMILES string of the molecule is COc1cc(NC(=O)CNC(=O)[C@H]2CNC[C@@H]2c2cnn(C)c2)cc(OC)c1.Cl. The molecule has 9 nitrogen and oxygen atoms in total. The number of halogens is 1. The molecule has 2 heterocycles. The van der Waals surface area contributed by atoms with Crippen LogP contribution in [0.3, 0.4) is 0 Å². The van der Waals surface area contributed by atoms with E-state index in [0.717, 1.165) is 5.56 Å². The number of hydrogen-bond acceptors (Lipinski definition) is 6. The summed E-state index contributed by atoms with van der Waals surface area (Å²) in [4.78, 5) is 24.8. The minimum atomic E-state index is -0.326. The summed E-state index contributed by atoms with van der Waals surface area (Å²) in [7, 11) is 4.92. The normalized spacial score (nSPS) is 17.9. The molecule has 158 valence electrons. The fraction of sp³-hybridized carbons (Fsp3) is 0.421. The minimum absolute atomic E-state index is 0. The molecule has 1 aromatic heterocycles. The molecule has 1 fully saturated rings. The van der Waals surface area contributed by atoms with Crippen LogP contribution in [0.4, 0.5) is 5.69 Å². The van der Waals surface area contributed by atoms with E-state index in [9.17, 15) is 9.59 Å². The lowest BCUT2D eigenvalue weighted by molar-refractivity contribution is -0.127. The van der Waals surface area contributed by atoms with Gasteiger partial charge in [-0.15, -0.1) is 12.4 Å². The largest absolute Gasteiger partial charge is 0.497 e. The summed E-state index contributed by atoms with van der Waals surface area (Å²) in [6.45, 7) is 1.16. The molecule has 10 heteroatoms. The van der Waals surface area contributed by atoms with Crippen molar-refractivity contribution in [1.29, 1.82) is 0 Å². The van der Waals surface area contributed by atoms with Crippen molar-refractivity contribution in [2.45, 2.75) is 5.92 Å². The summed E-state index contributed by atoms with van der Waals surface area (Å²) < 4.78 is 12.1. The van der Waals surface area contributed by atoms with Crippen molar-refractivity contribution >= 4 is 29.9 Å². The third-order valence-corrected chi connectivity index (χ3v) is 4.76. The molecule has 2 atom stereocenters. The molecule has 0 bridgehead atoms. The zero-order valence-corrected chi connectivity index (χ0v) is 17.4. The van der Waals surface area contributed by atoms with Gasteiger partial charge in [0.15, 0.2) is 0 Å². The Morgan fingerprint density at radius 3 is 2.48 bits per heavy atom. The third kappa shape index (κ3) is 5.61. The van der Waals surface area contributed by atoms with Gasteiger partial charge in [0.05, 0.1) is 32.9 Å². The van der Waals surface area contributed by atoms with Crippen LogP contribution in [0.2, 0.25) is 0 Å². The van der Waals surface area contributed by atoms with E-state index in [4.69, 9.17) is 9.47 Å². The first kappa shape index (κ1) is 22.5. The fourth-order valence-corrected chi connectivity index (χ4v) is 3.32. The van der Waals surface area contributed by atoms with E-state index in [-0.39, 0.29) is 42.6 Å². The van der Waals surface area contributed by atoms with Crippen molar-refractivity contribution in [3.8, 4) is 11.5 Å². The maximum Gasteiger partial charge on any atom is 0.243 e. The standard InChI is InChI=1S/C19H25N5O4.ClH/c1-24-11-12(7-22-24)16-8-20-9-17(16)19(26)21-10-18(25)23-13-4-14(27-2)6-15(5-13)28-3;/h4-7,11,16-17,20H,8-10H2,1-3H3,(H,21,26)(H,23,25);1H/t16-,17+;/m1./s1. The number of carbonyl (C=O) groups excluding carboxylic acids is 2. The van der Waals surface area contributed by atoms with Crippen molar-refractivity contribution in [2.24, 2.45) is 13.0 Å². The highest BCUT2D eigenvalue weighted by Crippen LogP contribution is 2.28. The Hall–Kier alpha value is -2.78. The number of rotatable bonds is 7. The second-order valence-corrected chi connectivity index (χ2v) is 6.69. The number of benzene rings is 1. The molecule has 1 aromatic carbocycles. The number of hydrogen-bond donors (Lipinski definition) is 3. The van der Waals surface area contributed by atoms with E-state index in [2.05, 4.69) is 21.0 Å². The molecular formula is C19H26ClN5O4. The molecule has 1 aliphatic rings. The lowest BCUT2D eigenvalue weighted by Crippen LogP contribution is -2.39. The highest BCUT2D eigenvalue weighted by Gasteiger charge is 2.34. The van der Waals surface area contributed by atoms with Gasteiger partial charge in [0.25, 0.3) is 0 Å². The Balaban J connectivity index is 0.00000300. The van der Waals surface area contributed by atoms with Crippen LogP contribution in [0, 0.1) is 5.92 Å². The van der Waals surface area contributed by atoms with Gasteiger partial charge in [-0.25, -0.2) is 0 Å². The molecule has 0 saturated carbocycles. The Morgan fingerprint density at radius 2 is 1.90 bits per heavy atom. The molecule has 2 amide bonds. The van der Waals surface area contributed by atoms with Crippen LogP contribution >= 0.6 is 12.4 Å². The van der Waals surface area contributed by atoms with Crippen molar-refractivity contribution in [1.82, 2.24) is 20.4 Å². The fourth-order valence-electron chi connectivity index (χ4n) is 3.32. The van der Waals surface area contributed by atoms with Gasteiger partial charge in [0.1, 0.15) is 11.5 Å². The van der Waals surface area contributed by atoms with Crippen LogP contribution in [-0.2, 0) is 16.6 Å². The Kier molecular flexibility index (Phi) is 7.86. The number of anilines is 1. The maximum absolute atomic E-state index is 12.6. The molecule has 2 aromatic rings. The number of methoxy groups -OCH3 is 2. The maximum atomic E-state index is 12.6. The predicted molar refractivity (Wildman–Crippen MR) is 111 cm³/mol. The highest BCUT2D eigenvalue weighted by molar-refractivity contribution is 5.95. The Labute approximate surface area is 175 Å². The van der Waals surface area contributed by atoms with Crippen molar-refractivity contribution in [2.75, 3.05) is 39.2 Å². The Bertz CT molecular complexity index is 835. The van der Waals surface area contributed by atoms with Gasteiger partial charge in [-0.2, -0.15) is 5.10 Å². The second kappa shape index (κ2) is 10.1. The first-order chi connectivity index (χ1) is 13.5. The van der Waals surface area contributed by atoms with E-state index < -0.39 is 0 Å². The molecule has 3 rings (SSSR count). The van der Waals surface area contributed by atoms with Gasteiger partial charge in [-0.1, -0.05) is 0 Å². The van der Waals surface area contributed by atoms with Crippen molar-refractivity contribution in [3.63, 3.8) is 0 Å². The number of nitrogens with one attached hydrogen (secondary N) is 3. The van der Waals surface area contributed by atoms with Crippen LogP contribution in [0.25, 0.3) is 0 Å². The molecule has 0 spiro atoms. The van der Waals surface area contributed by atoms with E-state index in [0.29, 0.717) is 30.3 Å². The molecular weight excluding hydrogens is 398 g/mol. The molecule has 3 N–H and O–H groups in total. The van der Waals surface area contributed by atoms with E-state index in [1.165, 1.54) is 14.2 Å². The number of amides is 2. The monoisotopic (exact) mass is 423 g/mol. The first-order valence-corrected chi connectivity index (χ1v) is 9.00. The molecule has 1 aliphatic heterocycles. The average molecular weight is 424 g/mol. The van der Waals surface area contributed by atoms with E-state index in [1.54, 1.807) is 29.1 Å². The summed E-state index contributed by atoms with van der Waals surface area (Å²) in [5.74, 6) is 0.447. The first-order valence-electron chi connectivity index (χ1n) is 9.00. The van der Waals surface area contributed by atoms with Crippen LogP contribution in [0.1, 0.15) is 11.5 Å². The number of aromatic nitrogens is 2. The van der Waals surface area contributed by atoms with Gasteiger partial charge in [0.2, 0.25) is 11.8 Å². The number of carbonyl (C=O) groups is 2. The molecule has 1 saturated heterocycles. The minimum Gasteiger partial charge on any atom is -0.497 e. The third-order valence-electron chi connectivity index (χ3n) is 4.76. The lowest BCUT2D eigenvalue weighted by Gasteiger charge is -2.17. The van der Waals surface area contributed by atoms with Gasteiger partial charge < -0.3 is 25.4 Å². The summed E-state index contributed by atoms with van der Waals surface area (Å²) in [6.07, 6.45) is 3.70. The van der Waals surface area contributed by atoms with Gasteiger partial charge in [-0.05, 0) is 5.56 Å². The summed E-state index contributed by atoms with van der Waals surface area (Å²) in [5.41, 5.74) is 1.55. The van der Waals surface area contributed by atoms with Crippen molar-refractivity contribution in [3.05, 3.63) is 36.2 Å². The molecule has 29 heavy (non-hydrogen) atoms. The topological polar surface area (TPSA) is 107 Å². The lowest BCUT2D eigenvalue weighted by atomic mass is 9.90. The average Bonchev–Trinajstić information content (AvgIpc) is 3.34. The number of aryl methyl sites for hydroxylation is 1. The predicted octanol–water partition coefficient (Wildman–Crippen LogP) is 0.917. The van der Waals surface area contributed by atoms with Crippen molar-refractivity contribution < 1.29 is 19.1 Å². The van der Waals surface area contributed by atoms with Crippen LogP contribution in [-0.4, -0.2) is 55.4 Å². The number of ether oxygens (including phenoxy) is 2. The van der Waals surface area contributed by atoms with Crippen LogP contribution in [0.5, 0.6) is 11.5 Å². The quantitative estimate of drug-likeness (QED) is 0.611. The van der Waals surface area contributed by atoms with E-state index in [1.807, 2.05) is 13.2 Å². The molecule has 0 unspecified atom stereocenters. The zero-order chi connectivity index (χ0) is 20.1. The smallest absolute Gasteiger partial charge is 0.243 e. The Morgan fingerprint density at radius 1 is 1.21 bits per heavy atom. The molecule has 0 aliphatic carbocycles. The van der Waals surface area contributed by atoms with E-state index >= 15 is 0 Å². The van der Waals surface area contributed by atoms with Crippen LogP contribution in [0.15, 0.2) is 30.6 Å².